The fraction of sp³-hybridized carbons (Fsp3) is 0.647. The van der Waals surface area contributed by atoms with E-state index in [0.29, 0.717) is 12.8 Å². The molecule has 0 aromatic heterocycles. The molecular formula is C17H22O4. The van der Waals surface area contributed by atoms with Crippen LogP contribution in [0, 0.1) is 22.7 Å². The maximum absolute atomic E-state index is 12.5. The number of carbonyl (C=O) groups is 2. The molecule has 0 aromatic rings. The largest absolute Gasteiger partial charge is 0.481 e. The normalized spacial score (nSPS) is 44.8. The summed E-state index contributed by atoms with van der Waals surface area (Å²) in [6.07, 6.45) is 5.59. The summed E-state index contributed by atoms with van der Waals surface area (Å²) in [4.78, 5) is 23.4. The number of rotatable bonds is 3. The summed E-state index contributed by atoms with van der Waals surface area (Å²) in [6.45, 7) is 6.01. The van der Waals surface area contributed by atoms with Gasteiger partial charge in [0.05, 0.1) is 6.10 Å². The van der Waals surface area contributed by atoms with Crippen molar-refractivity contribution in [2.45, 2.75) is 45.1 Å². The molecule has 0 aromatic carbocycles. The first-order valence-corrected chi connectivity index (χ1v) is 7.61. The van der Waals surface area contributed by atoms with E-state index in [0.717, 1.165) is 18.4 Å². The van der Waals surface area contributed by atoms with Crippen molar-refractivity contribution in [2.75, 3.05) is 0 Å². The number of hydrogen-bond acceptors (Lipinski definition) is 3. The number of aliphatic hydroxyl groups is 1. The van der Waals surface area contributed by atoms with Crippen LogP contribution in [0.15, 0.2) is 24.3 Å². The van der Waals surface area contributed by atoms with Gasteiger partial charge in [0.1, 0.15) is 0 Å². The molecule has 0 saturated heterocycles. The van der Waals surface area contributed by atoms with Crippen LogP contribution >= 0.6 is 0 Å². The third kappa shape index (κ3) is 1.92. The van der Waals surface area contributed by atoms with E-state index >= 15 is 0 Å². The summed E-state index contributed by atoms with van der Waals surface area (Å²) in [5.74, 6) is -0.597. The maximum atomic E-state index is 12.5. The Morgan fingerprint density at radius 2 is 2.19 bits per heavy atom. The van der Waals surface area contributed by atoms with Crippen LogP contribution in [-0.4, -0.2) is 28.1 Å². The second-order valence-corrected chi connectivity index (χ2v) is 7.19. The molecule has 0 radical (unpaired) electrons. The van der Waals surface area contributed by atoms with Crippen molar-refractivity contribution in [1.29, 1.82) is 0 Å². The fourth-order valence-electron chi connectivity index (χ4n) is 4.83. The number of fused-ring (bicyclic) bond motifs is 2. The molecule has 4 rings (SSSR count). The number of carboxylic acid groups (broad SMARTS) is 1. The standard InChI is InChI=1S/C17H22O4/c1-10-9-17-6-3-13(18)16(2,5-4-15(20)21)12(17)7-11(10)8-14(17)19/h3,6,11-12,14,19H,1,4-5,7-9H2,2H3,(H,20,21). The van der Waals surface area contributed by atoms with Gasteiger partial charge in [-0.05, 0) is 43.6 Å². The van der Waals surface area contributed by atoms with Crippen molar-refractivity contribution in [3.8, 4) is 0 Å². The van der Waals surface area contributed by atoms with Crippen LogP contribution in [0.2, 0.25) is 0 Å². The smallest absolute Gasteiger partial charge is 0.303 e. The first-order valence-electron chi connectivity index (χ1n) is 7.61. The van der Waals surface area contributed by atoms with E-state index in [-0.39, 0.29) is 24.0 Å². The zero-order chi connectivity index (χ0) is 15.4. The van der Waals surface area contributed by atoms with Gasteiger partial charge in [-0.1, -0.05) is 25.2 Å². The molecule has 5 atom stereocenters. The number of allylic oxidation sites excluding steroid dienone is 2. The molecule has 21 heavy (non-hydrogen) atoms. The molecule has 4 heteroatoms. The third-order valence-corrected chi connectivity index (χ3v) is 6.14. The number of ketones is 1. The summed E-state index contributed by atoms with van der Waals surface area (Å²) in [6, 6.07) is 0. The zero-order valence-corrected chi connectivity index (χ0v) is 12.3. The van der Waals surface area contributed by atoms with Gasteiger partial charge in [0, 0.05) is 17.3 Å². The molecule has 114 valence electrons. The minimum Gasteiger partial charge on any atom is -0.481 e. The topological polar surface area (TPSA) is 74.6 Å². The molecule has 4 nitrogen and oxygen atoms in total. The second kappa shape index (κ2) is 4.54. The first-order chi connectivity index (χ1) is 9.79. The third-order valence-electron chi connectivity index (χ3n) is 6.14. The zero-order valence-electron chi connectivity index (χ0n) is 12.3. The molecule has 0 amide bonds. The van der Waals surface area contributed by atoms with Gasteiger partial charge in [-0.15, -0.1) is 0 Å². The Labute approximate surface area is 124 Å². The minimum atomic E-state index is -0.876. The SMILES string of the molecule is C=C1CC23C=CC(=O)C(C)(CCC(=O)O)C2CC1CC3O. The Balaban J connectivity index is 2.01. The Morgan fingerprint density at radius 1 is 1.48 bits per heavy atom. The first kappa shape index (κ1) is 14.5. The number of aliphatic hydroxyl groups excluding tert-OH is 1. The molecule has 4 aliphatic carbocycles. The summed E-state index contributed by atoms with van der Waals surface area (Å²) in [5, 5.41) is 19.6. The van der Waals surface area contributed by atoms with E-state index in [1.807, 2.05) is 13.0 Å². The summed E-state index contributed by atoms with van der Waals surface area (Å²) >= 11 is 0. The Bertz CT molecular complexity index is 549. The highest BCUT2D eigenvalue weighted by molar-refractivity contribution is 5.96. The van der Waals surface area contributed by atoms with E-state index in [1.165, 1.54) is 0 Å². The van der Waals surface area contributed by atoms with Gasteiger partial charge in [-0.3, -0.25) is 9.59 Å². The lowest BCUT2D eigenvalue weighted by Crippen LogP contribution is -2.59. The molecule has 0 aliphatic heterocycles. The minimum absolute atomic E-state index is 0.00439. The van der Waals surface area contributed by atoms with Gasteiger partial charge in [0.15, 0.2) is 5.78 Å². The van der Waals surface area contributed by atoms with Crippen LogP contribution in [0.3, 0.4) is 0 Å². The highest BCUT2D eigenvalue weighted by atomic mass is 16.4. The predicted octanol–water partition coefficient (Wildman–Crippen LogP) is 2.33. The fourth-order valence-corrected chi connectivity index (χ4v) is 4.83. The average molecular weight is 290 g/mol. The van der Waals surface area contributed by atoms with E-state index in [4.69, 9.17) is 5.11 Å². The van der Waals surface area contributed by atoms with Gasteiger partial charge in [-0.25, -0.2) is 0 Å². The highest BCUT2D eigenvalue weighted by Crippen LogP contribution is 2.64. The predicted molar refractivity (Wildman–Crippen MR) is 77.5 cm³/mol. The van der Waals surface area contributed by atoms with E-state index < -0.39 is 22.9 Å². The quantitative estimate of drug-likeness (QED) is 0.782. The summed E-state index contributed by atoms with van der Waals surface area (Å²) < 4.78 is 0. The van der Waals surface area contributed by atoms with Crippen LogP contribution in [0.4, 0.5) is 0 Å². The molecule has 4 aliphatic rings. The van der Waals surface area contributed by atoms with Gasteiger partial charge in [0.25, 0.3) is 0 Å². The van der Waals surface area contributed by atoms with Gasteiger partial charge in [-0.2, -0.15) is 0 Å². The molecule has 0 heterocycles. The van der Waals surface area contributed by atoms with Crippen LogP contribution < -0.4 is 0 Å². The van der Waals surface area contributed by atoms with Gasteiger partial charge >= 0.3 is 5.97 Å². The average Bonchev–Trinajstić information content (AvgIpc) is 2.42. The molecule has 1 spiro atoms. The van der Waals surface area contributed by atoms with Crippen molar-refractivity contribution >= 4 is 11.8 Å². The maximum Gasteiger partial charge on any atom is 0.303 e. The van der Waals surface area contributed by atoms with Crippen molar-refractivity contribution in [2.24, 2.45) is 22.7 Å². The molecule has 2 bridgehead atoms. The molecule has 3 saturated carbocycles. The lowest BCUT2D eigenvalue weighted by molar-refractivity contribution is -0.150. The monoisotopic (exact) mass is 290 g/mol. The van der Waals surface area contributed by atoms with Crippen molar-refractivity contribution in [1.82, 2.24) is 0 Å². The van der Waals surface area contributed by atoms with Gasteiger partial charge in [0.2, 0.25) is 0 Å². The highest BCUT2D eigenvalue weighted by Gasteiger charge is 2.61. The molecule has 3 fully saturated rings. The Hall–Kier alpha value is -1.42. The van der Waals surface area contributed by atoms with E-state index in [9.17, 15) is 14.7 Å². The van der Waals surface area contributed by atoms with Crippen LogP contribution in [0.25, 0.3) is 0 Å². The van der Waals surface area contributed by atoms with E-state index in [2.05, 4.69) is 6.58 Å². The van der Waals surface area contributed by atoms with Crippen molar-refractivity contribution in [3.05, 3.63) is 24.3 Å². The summed E-state index contributed by atoms with van der Waals surface area (Å²) in [5.41, 5.74) is 0.0525. The Kier molecular flexibility index (Phi) is 3.14. The van der Waals surface area contributed by atoms with Crippen LogP contribution in [0.1, 0.15) is 39.0 Å². The number of hydrogen-bond donors (Lipinski definition) is 2. The van der Waals surface area contributed by atoms with Crippen molar-refractivity contribution < 1.29 is 19.8 Å². The number of aliphatic carboxylic acids is 1. The Morgan fingerprint density at radius 3 is 2.86 bits per heavy atom. The van der Waals surface area contributed by atoms with Crippen molar-refractivity contribution in [3.63, 3.8) is 0 Å². The number of carboxylic acids is 1. The van der Waals surface area contributed by atoms with Gasteiger partial charge < -0.3 is 10.2 Å². The van der Waals surface area contributed by atoms with E-state index in [1.54, 1.807) is 6.08 Å². The van der Waals surface area contributed by atoms with Crippen LogP contribution in [0.5, 0.6) is 0 Å². The molecule has 2 N–H and O–H groups in total. The lowest BCUT2D eigenvalue weighted by atomic mass is 9.43. The lowest BCUT2D eigenvalue weighted by Gasteiger charge is -2.61. The summed E-state index contributed by atoms with van der Waals surface area (Å²) in [7, 11) is 0. The molecular weight excluding hydrogens is 268 g/mol. The number of carbonyl (C=O) groups excluding carboxylic acids is 1. The molecule has 5 unspecified atom stereocenters. The second-order valence-electron chi connectivity index (χ2n) is 7.19. The van der Waals surface area contributed by atoms with Crippen LogP contribution in [-0.2, 0) is 9.59 Å².